The number of nitrogens with zero attached hydrogens (tertiary/aromatic N) is 2. The molecule has 0 saturated carbocycles. The van der Waals surface area contributed by atoms with Crippen molar-refractivity contribution in [3.63, 3.8) is 0 Å². The first-order valence-corrected chi connectivity index (χ1v) is 8.13. The summed E-state index contributed by atoms with van der Waals surface area (Å²) in [6.45, 7) is 2.27. The maximum atomic E-state index is 11.5. The van der Waals surface area contributed by atoms with E-state index in [0.717, 1.165) is 22.8 Å². The average molecular weight is 325 g/mol. The Morgan fingerprint density at radius 3 is 2.58 bits per heavy atom. The van der Waals surface area contributed by atoms with Gasteiger partial charge in [-0.2, -0.15) is 0 Å². The van der Waals surface area contributed by atoms with Crippen LogP contribution in [-0.2, 0) is 10.5 Å². The fourth-order valence-corrected chi connectivity index (χ4v) is 3.50. The van der Waals surface area contributed by atoms with Crippen LogP contribution in [-0.4, -0.2) is 48.9 Å². The van der Waals surface area contributed by atoms with E-state index in [-0.39, 0.29) is 0 Å². The second-order valence-electron chi connectivity index (χ2n) is 6.09. The lowest BCUT2D eigenvalue weighted by Gasteiger charge is -2.24. The number of anilines is 1. The van der Waals surface area contributed by atoms with Gasteiger partial charge >= 0.3 is 0 Å². The minimum absolute atomic E-state index is 0.474. The normalized spacial score (nSPS) is 23.3. The number of ether oxygens (including phenoxy) is 2. The number of β-amino-alcohol motifs (C(OH)–C–C–N with tert-alkyl or cyclic N) is 1. The number of para-hydroxylation sites is 1. The molecule has 4 rings (SSSR count). The van der Waals surface area contributed by atoms with Crippen LogP contribution in [0.15, 0.2) is 54.6 Å². The van der Waals surface area contributed by atoms with Gasteiger partial charge in [-0.05, 0) is 36.4 Å². The number of methoxy groups -OCH3 is 1. The summed E-state index contributed by atoms with van der Waals surface area (Å²) in [7, 11) is 1.64. The second kappa shape index (κ2) is 5.92. The highest BCUT2D eigenvalue weighted by molar-refractivity contribution is 5.96. The first-order chi connectivity index (χ1) is 11.7. The average Bonchev–Trinajstić information content (AvgIpc) is 2.97. The molecule has 0 radical (unpaired) electrons. The van der Waals surface area contributed by atoms with Gasteiger partial charge < -0.3 is 14.6 Å². The summed E-state index contributed by atoms with van der Waals surface area (Å²) in [5.74, 6) is 1.79. The molecule has 0 saturated heterocycles. The molecule has 24 heavy (non-hydrogen) atoms. The fraction of sp³-hybridized carbons (Fsp3) is 0.316. The Labute approximate surface area is 141 Å². The predicted molar refractivity (Wildman–Crippen MR) is 91.6 cm³/mol. The molecule has 1 N–H and O–H groups in total. The van der Waals surface area contributed by atoms with E-state index in [1.54, 1.807) is 7.11 Å². The molecule has 2 aliphatic rings. The Hall–Kier alpha value is -2.37. The summed E-state index contributed by atoms with van der Waals surface area (Å²) < 4.78 is 12.9. The Balaban J connectivity index is 1.77. The molecular weight excluding hydrogens is 304 g/mol. The van der Waals surface area contributed by atoms with Crippen LogP contribution in [0.5, 0.6) is 5.75 Å². The highest BCUT2D eigenvalue weighted by Gasteiger charge is 2.52. The summed E-state index contributed by atoms with van der Waals surface area (Å²) >= 11 is 0. The van der Waals surface area contributed by atoms with Crippen LogP contribution in [0.1, 0.15) is 5.56 Å². The number of benzene rings is 2. The molecule has 1 unspecified atom stereocenters. The van der Waals surface area contributed by atoms with Crippen LogP contribution in [0.3, 0.4) is 0 Å². The van der Waals surface area contributed by atoms with Crippen molar-refractivity contribution in [2.24, 2.45) is 0 Å². The van der Waals surface area contributed by atoms with Crippen LogP contribution in [0, 0.1) is 0 Å². The van der Waals surface area contributed by atoms with Crippen molar-refractivity contribution in [3.8, 4) is 5.75 Å². The van der Waals surface area contributed by atoms with E-state index in [1.165, 1.54) is 0 Å². The Morgan fingerprint density at radius 1 is 1.12 bits per heavy atom. The standard InChI is InChI=1S/C19H21N2O3/c1-23-17-9-7-15(8-10-17)19(22)14-20(16-5-3-2-4-6-16)18-13-24-12-11-21(18)19/h2-10,22H,11-14H2,1H3/q+1. The molecule has 0 bridgehead atoms. The second-order valence-corrected chi connectivity index (χ2v) is 6.09. The minimum Gasteiger partial charge on any atom is -0.497 e. The Bertz CT molecular complexity index is 758. The van der Waals surface area contributed by atoms with Crippen LogP contribution in [0.25, 0.3) is 0 Å². The first-order valence-electron chi connectivity index (χ1n) is 8.13. The van der Waals surface area contributed by atoms with Crippen LogP contribution in [0.2, 0.25) is 0 Å². The highest BCUT2D eigenvalue weighted by atomic mass is 16.5. The zero-order valence-electron chi connectivity index (χ0n) is 13.7. The molecule has 0 fully saturated rings. The van der Waals surface area contributed by atoms with E-state index in [1.807, 2.05) is 42.5 Å². The van der Waals surface area contributed by atoms with Gasteiger partial charge in [-0.1, -0.05) is 18.2 Å². The van der Waals surface area contributed by atoms with Crippen molar-refractivity contribution in [3.05, 3.63) is 60.2 Å². The number of hydrogen-bond acceptors (Lipinski definition) is 4. The molecule has 2 aromatic rings. The number of amidine groups is 1. The first kappa shape index (κ1) is 15.2. The van der Waals surface area contributed by atoms with Gasteiger partial charge in [0.05, 0.1) is 13.7 Å². The third-order valence-electron chi connectivity index (χ3n) is 4.76. The van der Waals surface area contributed by atoms with Gasteiger partial charge in [0.2, 0.25) is 0 Å². The molecule has 5 nitrogen and oxygen atoms in total. The van der Waals surface area contributed by atoms with Gasteiger partial charge in [0.1, 0.15) is 24.6 Å². The minimum atomic E-state index is -1.07. The molecule has 1 atom stereocenters. The smallest absolute Gasteiger partial charge is 0.281 e. The van der Waals surface area contributed by atoms with Crippen LogP contribution in [0.4, 0.5) is 5.69 Å². The summed E-state index contributed by atoms with van der Waals surface area (Å²) in [5, 5.41) is 11.5. The van der Waals surface area contributed by atoms with Crippen molar-refractivity contribution in [2.45, 2.75) is 5.72 Å². The van der Waals surface area contributed by atoms with Crippen molar-refractivity contribution >= 4 is 11.5 Å². The Morgan fingerprint density at radius 2 is 1.88 bits per heavy atom. The Kier molecular flexibility index (Phi) is 3.75. The summed E-state index contributed by atoms with van der Waals surface area (Å²) in [4.78, 5) is 2.14. The maximum Gasteiger partial charge on any atom is 0.281 e. The topological polar surface area (TPSA) is 44.9 Å². The molecule has 0 aliphatic carbocycles. The number of rotatable bonds is 3. The lowest BCUT2D eigenvalue weighted by atomic mass is 10.0. The van der Waals surface area contributed by atoms with Crippen LogP contribution >= 0.6 is 0 Å². The van der Waals surface area contributed by atoms with Gasteiger partial charge in [0.25, 0.3) is 11.6 Å². The van der Waals surface area contributed by atoms with Crippen LogP contribution < -0.4 is 9.64 Å². The zero-order valence-corrected chi connectivity index (χ0v) is 13.7. The monoisotopic (exact) mass is 325 g/mol. The fourth-order valence-electron chi connectivity index (χ4n) is 3.50. The van der Waals surface area contributed by atoms with Gasteiger partial charge in [-0.15, -0.1) is 0 Å². The maximum absolute atomic E-state index is 11.5. The van der Waals surface area contributed by atoms with Crippen molar-refractivity contribution < 1.29 is 19.2 Å². The van der Waals surface area contributed by atoms with Gasteiger partial charge in [0, 0.05) is 5.56 Å². The third-order valence-corrected chi connectivity index (χ3v) is 4.76. The predicted octanol–water partition coefficient (Wildman–Crippen LogP) is 1.80. The largest absolute Gasteiger partial charge is 0.497 e. The van der Waals surface area contributed by atoms with Gasteiger partial charge in [0.15, 0.2) is 6.54 Å². The quantitative estimate of drug-likeness (QED) is 0.874. The van der Waals surface area contributed by atoms with Gasteiger partial charge in [-0.3, -0.25) is 0 Å². The van der Waals surface area contributed by atoms with E-state index in [9.17, 15) is 5.11 Å². The summed E-state index contributed by atoms with van der Waals surface area (Å²) in [6, 6.07) is 17.8. The molecular formula is C19H21N2O3+. The van der Waals surface area contributed by atoms with Crippen molar-refractivity contribution in [2.75, 3.05) is 38.3 Å². The van der Waals surface area contributed by atoms with E-state index >= 15 is 0 Å². The zero-order chi connectivity index (χ0) is 16.6. The number of hydrogen-bond donors (Lipinski definition) is 1. The van der Waals surface area contributed by atoms with E-state index in [4.69, 9.17) is 9.47 Å². The van der Waals surface area contributed by atoms with Gasteiger partial charge in [-0.25, -0.2) is 9.48 Å². The molecule has 0 amide bonds. The SMILES string of the molecule is COc1ccc(C2(O)CN(c3ccccc3)C3=[N+]2CCOC3)cc1. The number of aliphatic hydroxyl groups is 1. The lowest BCUT2D eigenvalue weighted by Crippen LogP contribution is -2.43. The molecule has 2 heterocycles. The summed E-state index contributed by atoms with van der Waals surface area (Å²) in [5.41, 5.74) is 0.856. The van der Waals surface area contributed by atoms with Crippen molar-refractivity contribution in [1.82, 2.24) is 0 Å². The lowest BCUT2D eigenvalue weighted by molar-refractivity contribution is -0.663. The molecule has 5 heteroatoms. The molecule has 2 aliphatic heterocycles. The molecule has 124 valence electrons. The van der Waals surface area contributed by atoms with E-state index in [0.29, 0.717) is 26.3 Å². The highest BCUT2D eigenvalue weighted by Crippen LogP contribution is 2.34. The molecule has 0 spiro atoms. The van der Waals surface area contributed by atoms with Crippen molar-refractivity contribution in [1.29, 1.82) is 0 Å². The van der Waals surface area contributed by atoms with E-state index < -0.39 is 5.72 Å². The summed E-state index contributed by atoms with van der Waals surface area (Å²) in [6.07, 6.45) is 0. The van der Waals surface area contributed by atoms with E-state index in [2.05, 4.69) is 21.6 Å². The third kappa shape index (κ3) is 2.37. The molecule has 2 aromatic carbocycles. The molecule has 0 aromatic heterocycles.